The van der Waals surface area contributed by atoms with E-state index in [0.717, 1.165) is 4.90 Å². The molecular formula is C55H77N13O16S. The van der Waals surface area contributed by atoms with E-state index in [1.807, 2.05) is 20.1 Å². The number of benzene rings is 2. The Kier molecular flexibility index (Phi) is 27.0. The number of thioether (sulfide) groups is 1. The minimum atomic E-state index is -1.76. The number of aliphatic carboxylic acids is 1. The number of carbonyl (C=O) groups is 14. The molecule has 0 aliphatic carbocycles. The van der Waals surface area contributed by atoms with Crippen molar-refractivity contribution in [3.05, 3.63) is 65.7 Å². The molecule has 464 valence electrons. The number of primary amides is 2. The van der Waals surface area contributed by atoms with Gasteiger partial charge in [-0.25, -0.2) is 0 Å². The van der Waals surface area contributed by atoms with Gasteiger partial charge in [0.05, 0.1) is 19.4 Å². The van der Waals surface area contributed by atoms with E-state index >= 15 is 0 Å². The molecule has 0 bridgehead atoms. The van der Waals surface area contributed by atoms with Crippen LogP contribution in [0.5, 0.6) is 5.75 Å². The molecule has 10 atom stereocenters. The summed E-state index contributed by atoms with van der Waals surface area (Å²) in [5.41, 5.74) is 12.0. The number of nitrogens with zero attached hydrogens (tertiary/aromatic N) is 1. The third-order valence-corrected chi connectivity index (χ3v) is 14.3. The third-order valence-electron chi connectivity index (χ3n) is 13.7. The summed E-state index contributed by atoms with van der Waals surface area (Å²) in [6, 6.07) is 0.449. The molecule has 29 nitrogen and oxygen atoms in total. The van der Waals surface area contributed by atoms with E-state index in [-0.39, 0.29) is 75.5 Å². The van der Waals surface area contributed by atoms with Gasteiger partial charge in [0.1, 0.15) is 66.2 Å². The first-order valence-electron chi connectivity index (χ1n) is 27.6. The predicted molar refractivity (Wildman–Crippen MR) is 305 cm³/mol. The van der Waals surface area contributed by atoms with Crippen molar-refractivity contribution in [2.24, 2.45) is 17.4 Å². The quantitative estimate of drug-likeness (QED) is 0.0325. The van der Waals surface area contributed by atoms with Gasteiger partial charge in [-0.05, 0) is 87.1 Å². The first kappa shape index (κ1) is 68.7. The summed E-state index contributed by atoms with van der Waals surface area (Å²) < 4.78 is 0. The monoisotopic (exact) mass is 1210 g/mol. The number of carbonyl (C=O) groups excluding carboxylic acids is 13. The van der Waals surface area contributed by atoms with Crippen LogP contribution in [0, 0.1) is 5.92 Å². The van der Waals surface area contributed by atoms with E-state index in [1.54, 1.807) is 30.3 Å². The Balaban J connectivity index is 1.48. The third kappa shape index (κ3) is 22.7. The Labute approximate surface area is 494 Å². The minimum Gasteiger partial charge on any atom is -0.508 e. The average Bonchev–Trinajstić information content (AvgIpc) is 4.16. The Morgan fingerprint density at radius 1 is 0.635 bits per heavy atom. The molecule has 0 spiro atoms. The molecule has 13 amide bonds. The number of rotatable bonds is 33. The van der Waals surface area contributed by atoms with Gasteiger partial charge in [-0.3, -0.25) is 67.1 Å². The molecule has 2 saturated heterocycles. The van der Waals surface area contributed by atoms with Crippen molar-refractivity contribution in [1.29, 1.82) is 0 Å². The van der Waals surface area contributed by atoms with Crippen LogP contribution in [0.1, 0.15) is 90.2 Å². The molecule has 2 heterocycles. The smallest absolute Gasteiger partial charge is 0.305 e. The standard InChI is InChI=1S/C55H77N13O16S/c1-28(2)22-36(52(81)63-34(46(57)75)19-21-85-5)62-44(72)27-58-49(78)37(24-32-13-15-33(69)16-14-32)65-53(82)38(23-31-10-7-6-8-11-31)64-47(76)29(3)60-51(80)39(25-42(56)70)66-54(83)41-12-9-20-68(41)55(84)40(26-45(73)74)67-48(77)30(4)59-50(79)35-17-18-43(71)61-35/h6-8,10-11,13-16,28-30,34-41,69H,9,12,17-27H2,1-5H3,(H2,56,70)(H2,57,75)(H,58,78)(H,59,79)(H,60,80)(H,61,71)(H,62,72)(H,63,81)(H,64,76)(H,65,82)(H,66,83)(H,67,77)(H,73,74)/t29-,30-,34-,35-,36-,37-,38-,39-,40-,41-/m0/s1. The van der Waals surface area contributed by atoms with E-state index in [9.17, 15) is 77.3 Å². The predicted octanol–water partition coefficient (Wildman–Crippen LogP) is -3.88. The van der Waals surface area contributed by atoms with Crippen LogP contribution in [-0.2, 0) is 80.0 Å². The maximum atomic E-state index is 14.4. The summed E-state index contributed by atoms with van der Waals surface area (Å²) in [6.45, 7) is 5.35. The first-order chi connectivity index (χ1) is 40.1. The second kappa shape index (κ2) is 33.5. The van der Waals surface area contributed by atoms with Crippen LogP contribution in [0.2, 0.25) is 0 Å². The number of phenolic OH excluding ortho intramolecular Hbond substituents is 1. The number of carboxylic acids is 1. The Hall–Kier alpha value is -8.83. The maximum absolute atomic E-state index is 14.4. The van der Waals surface area contributed by atoms with Crippen LogP contribution < -0.4 is 64.6 Å². The van der Waals surface area contributed by atoms with Crippen molar-refractivity contribution in [3.63, 3.8) is 0 Å². The van der Waals surface area contributed by atoms with Crippen LogP contribution in [-0.4, -0.2) is 183 Å². The SMILES string of the molecule is CSCC[C@H](NC(=O)[C@H](CC(C)C)NC(=O)CNC(=O)[C@H](Cc1ccc(O)cc1)NC(=O)[C@H](Cc1ccccc1)NC(=O)[C@H](C)NC(=O)[C@H](CC(N)=O)NC(=O)[C@@H]1CCCN1C(=O)[C@H](CC(=O)O)NC(=O)[C@H](C)NC(=O)[C@@H]1CCC(=O)N1)C(N)=O. The number of amides is 13. The van der Waals surface area contributed by atoms with Gasteiger partial charge in [0.2, 0.25) is 76.8 Å². The average molecular weight is 1210 g/mol. The summed E-state index contributed by atoms with van der Waals surface area (Å²) >= 11 is 1.44. The summed E-state index contributed by atoms with van der Waals surface area (Å²) in [5, 5.41) is 44.4. The van der Waals surface area contributed by atoms with Gasteiger partial charge in [-0.2, -0.15) is 11.8 Å². The van der Waals surface area contributed by atoms with Crippen LogP contribution in [0.4, 0.5) is 0 Å². The molecule has 2 aliphatic heterocycles. The van der Waals surface area contributed by atoms with Crippen LogP contribution in [0.3, 0.4) is 0 Å². The van der Waals surface area contributed by atoms with E-state index in [1.165, 1.54) is 49.9 Å². The lowest BCUT2D eigenvalue weighted by atomic mass is 10.0. The van der Waals surface area contributed by atoms with Crippen LogP contribution >= 0.6 is 11.8 Å². The topological polar surface area (TPSA) is 455 Å². The van der Waals surface area contributed by atoms with E-state index in [4.69, 9.17) is 11.5 Å². The lowest BCUT2D eigenvalue weighted by Crippen LogP contribution is -2.60. The fourth-order valence-corrected chi connectivity index (χ4v) is 9.63. The molecule has 85 heavy (non-hydrogen) atoms. The Bertz CT molecular complexity index is 2770. The number of carboxylic acid groups (broad SMARTS) is 1. The van der Waals surface area contributed by atoms with Gasteiger partial charge in [0.25, 0.3) is 0 Å². The van der Waals surface area contributed by atoms with Crippen molar-refractivity contribution in [1.82, 2.24) is 58.1 Å². The maximum Gasteiger partial charge on any atom is 0.305 e. The van der Waals surface area contributed by atoms with Gasteiger partial charge >= 0.3 is 5.97 Å². The number of hydrogen-bond donors (Lipinski definition) is 14. The molecule has 2 aliphatic rings. The zero-order chi connectivity index (χ0) is 63.1. The summed E-state index contributed by atoms with van der Waals surface area (Å²) in [6.07, 6.45) is 0.584. The molecule has 0 radical (unpaired) electrons. The van der Waals surface area contributed by atoms with Gasteiger partial charge in [-0.1, -0.05) is 56.3 Å². The van der Waals surface area contributed by atoms with Crippen LogP contribution in [0.25, 0.3) is 0 Å². The lowest BCUT2D eigenvalue weighted by Gasteiger charge is -2.30. The molecule has 0 saturated carbocycles. The normalized spacial score (nSPS) is 17.3. The molecular weight excluding hydrogens is 1130 g/mol. The Morgan fingerprint density at radius 3 is 1.78 bits per heavy atom. The van der Waals surface area contributed by atoms with Crippen LogP contribution in [0.15, 0.2) is 54.6 Å². The molecule has 0 unspecified atom stereocenters. The molecule has 0 aromatic heterocycles. The summed E-state index contributed by atoms with van der Waals surface area (Å²) in [7, 11) is 0. The second-order valence-electron chi connectivity index (χ2n) is 21.1. The van der Waals surface area contributed by atoms with Gasteiger partial charge in [-0.15, -0.1) is 0 Å². The summed E-state index contributed by atoms with van der Waals surface area (Å²) in [4.78, 5) is 185. The van der Waals surface area contributed by atoms with Crippen molar-refractivity contribution in [3.8, 4) is 5.75 Å². The van der Waals surface area contributed by atoms with E-state index in [0.29, 0.717) is 16.9 Å². The number of phenols is 1. The molecule has 2 aromatic rings. The highest BCUT2D eigenvalue weighted by molar-refractivity contribution is 7.98. The minimum absolute atomic E-state index is 0.00880. The number of hydrogen-bond acceptors (Lipinski definition) is 16. The molecule has 4 rings (SSSR count). The number of nitrogens with two attached hydrogens (primary N) is 2. The van der Waals surface area contributed by atoms with Crippen molar-refractivity contribution in [2.45, 2.75) is 152 Å². The zero-order valence-corrected chi connectivity index (χ0v) is 48.7. The fraction of sp³-hybridized carbons (Fsp3) is 0.527. The molecule has 2 aromatic carbocycles. The van der Waals surface area contributed by atoms with Crippen molar-refractivity contribution in [2.75, 3.05) is 25.1 Å². The van der Waals surface area contributed by atoms with E-state index in [2.05, 4.69) is 53.2 Å². The first-order valence-corrected chi connectivity index (χ1v) is 28.9. The zero-order valence-electron chi connectivity index (χ0n) is 47.9. The highest BCUT2D eigenvalue weighted by Gasteiger charge is 2.41. The molecule has 2 fully saturated rings. The summed E-state index contributed by atoms with van der Waals surface area (Å²) in [5.74, 6) is -12.3. The Morgan fingerprint density at radius 2 is 1.20 bits per heavy atom. The highest BCUT2D eigenvalue weighted by atomic mass is 32.2. The van der Waals surface area contributed by atoms with Crippen molar-refractivity contribution < 1.29 is 77.3 Å². The number of nitrogens with one attached hydrogen (secondary N) is 10. The number of aromatic hydroxyl groups is 1. The van der Waals surface area contributed by atoms with Gasteiger partial charge in [0.15, 0.2) is 0 Å². The molecule has 30 heteroatoms. The largest absolute Gasteiger partial charge is 0.508 e. The van der Waals surface area contributed by atoms with Gasteiger partial charge < -0.3 is 79.7 Å². The highest BCUT2D eigenvalue weighted by Crippen LogP contribution is 2.21. The van der Waals surface area contributed by atoms with Crippen molar-refractivity contribution >= 4 is 94.5 Å². The second-order valence-corrected chi connectivity index (χ2v) is 22.1. The number of likely N-dealkylation sites (tertiary alicyclic amines) is 1. The van der Waals surface area contributed by atoms with E-state index < -0.39 is 157 Å². The van der Waals surface area contributed by atoms with Gasteiger partial charge in [0, 0.05) is 25.8 Å². The fourth-order valence-electron chi connectivity index (χ4n) is 9.16. The molecule has 16 N–H and O–H groups in total. The lowest BCUT2D eigenvalue weighted by molar-refractivity contribution is -0.146.